The molecular formula is C26H25N2O2+. The first-order chi connectivity index (χ1) is 14.7. The minimum Gasteiger partial charge on any atom is -0.512 e. The Morgan fingerprint density at radius 3 is 2.37 bits per heavy atom. The molecule has 3 aromatic rings. The number of allylic oxidation sites excluding steroid dienone is 1. The van der Waals surface area contributed by atoms with E-state index >= 15 is 0 Å². The van der Waals surface area contributed by atoms with Crippen LogP contribution in [0.2, 0.25) is 0 Å². The summed E-state index contributed by atoms with van der Waals surface area (Å²) >= 11 is 0. The number of aliphatic hydroxyl groups excluding tert-OH is 1. The third-order valence-corrected chi connectivity index (χ3v) is 6.05. The number of methoxy groups -OCH3 is 1. The van der Waals surface area contributed by atoms with Crippen LogP contribution in [-0.2, 0) is 0 Å². The second-order valence-electron chi connectivity index (χ2n) is 7.88. The molecule has 1 aliphatic heterocycles. The second kappa shape index (κ2) is 7.71. The Kier molecular flexibility index (Phi) is 4.75. The van der Waals surface area contributed by atoms with Gasteiger partial charge in [-0.25, -0.2) is 4.99 Å². The van der Waals surface area contributed by atoms with Crippen molar-refractivity contribution in [3.05, 3.63) is 101 Å². The Morgan fingerprint density at radius 1 is 0.867 bits per heavy atom. The molecule has 5 rings (SSSR count). The summed E-state index contributed by atoms with van der Waals surface area (Å²) in [5.41, 5.74) is 6.45. The smallest absolute Gasteiger partial charge is 0.227 e. The van der Waals surface area contributed by atoms with Crippen molar-refractivity contribution in [2.24, 2.45) is 0 Å². The number of hydrogen-bond donors (Lipinski definition) is 3. The van der Waals surface area contributed by atoms with E-state index in [2.05, 4.69) is 46.7 Å². The van der Waals surface area contributed by atoms with E-state index in [0.29, 0.717) is 12.2 Å². The van der Waals surface area contributed by atoms with E-state index in [1.54, 1.807) is 7.11 Å². The van der Waals surface area contributed by atoms with Gasteiger partial charge in [0.05, 0.1) is 18.7 Å². The van der Waals surface area contributed by atoms with E-state index in [0.717, 1.165) is 40.4 Å². The largest absolute Gasteiger partial charge is 0.512 e. The summed E-state index contributed by atoms with van der Waals surface area (Å²) in [5.74, 6) is 1.50. The van der Waals surface area contributed by atoms with Crippen LogP contribution in [0.25, 0.3) is 0 Å². The molecule has 4 heteroatoms. The van der Waals surface area contributed by atoms with E-state index in [9.17, 15) is 5.11 Å². The topological polar surface area (TPSA) is 55.5 Å². The van der Waals surface area contributed by atoms with Gasteiger partial charge in [-0.05, 0) is 29.3 Å². The van der Waals surface area contributed by atoms with Crippen LogP contribution in [0.5, 0.6) is 5.75 Å². The standard InChI is InChI=1S/C26H24N2O2/c1-30-20-13-11-17(12-14-20)19-15-23-25(24(29)16-19)26(18-7-3-2-4-8-18)28-22-10-6-5-9-21(22)27-23/h2-14,19,26,28-29H,15-16H2,1H3/p+1. The lowest BCUT2D eigenvalue weighted by molar-refractivity contribution is -0.353. The van der Waals surface area contributed by atoms with Gasteiger partial charge in [-0.15, -0.1) is 0 Å². The number of anilines is 1. The van der Waals surface area contributed by atoms with Gasteiger partial charge in [0.25, 0.3) is 0 Å². The Balaban J connectivity index is 1.61. The summed E-state index contributed by atoms with van der Waals surface area (Å²) in [4.78, 5) is 3.63. The first kappa shape index (κ1) is 18.5. The van der Waals surface area contributed by atoms with Crippen LogP contribution < -0.4 is 15.0 Å². The van der Waals surface area contributed by atoms with Crippen molar-refractivity contribution < 1.29 is 14.8 Å². The Hall–Kier alpha value is -3.53. The van der Waals surface area contributed by atoms with Crippen LogP contribution in [0.1, 0.15) is 35.9 Å². The number of nitrogens with one attached hydrogen (secondary N) is 2. The maximum Gasteiger partial charge on any atom is 0.227 e. The van der Waals surface area contributed by atoms with Crippen LogP contribution in [-0.4, -0.2) is 17.9 Å². The first-order valence-corrected chi connectivity index (χ1v) is 10.3. The second-order valence-corrected chi connectivity index (χ2v) is 7.88. The molecule has 0 aromatic heterocycles. The minimum absolute atomic E-state index is 0.103. The third kappa shape index (κ3) is 3.35. The zero-order chi connectivity index (χ0) is 20.5. The molecule has 2 aliphatic rings. The van der Waals surface area contributed by atoms with Crippen LogP contribution in [0.4, 0.5) is 11.4 Å². The van der Waals surface area contributed by atoms with Gasteiger partial charge in [-0.3, -0.25) is 0 Å². The molecule has 1 heterocycles. The van der Waals surface area contributed by atoms with Gasteiger partial charge in [0.15, 0.2) is 5.71 Å². The molecule has 0 fully saturated rings. The summed E-state index contributed by atoms with van der Waals surface area (Å²) in [7, 11) is 1.68. The normalized spacial score (nSPS) is 20.4. The molecule has 2 unspecified atom stereocenters. The number of hydrogen-bond acceptors (Lipinski definition) is 3. The van der Waals surface area contributed by atoms with Crippen LogP contribution in [0, 0.1) is 0 Å². The monoisotopic (exact) mass is 397 g/mol. The highest BCUT2D eigenvalue weighted by Gasteiger charge is 2.38. The van der Waals surface area contributed by atoms with E-state index < -0.39 is 0 Å². The van der Waals surface area contributed by atoms with Crippen molar-refractivity contribution >= 4 is 17.1 Å². The Labute approximate surface area is 176 Å². The molecule has 0 bridgehead atoms. The maximum atomic E-state index is 11.2. The molecule has 1 aliphatic carbocycles. The lowest BCUT2D eigenvalue weighted by atomic mass is 9.79. The molecule has 3 aromatic carbocycles. The van der Waals surface area contributed by atoms with Crippen molar-refractivity contribution in [1.29, 1.82) is 0 Å². The summed E-state index contributed by atoms with van der Waals surface area (Å²) < 4.78 is 5.30. The molecule has 0 spiro atoms. The fraction of sp³-hybridized carbons (Fsp3) is 0.192. The predicted octanol–water partition coefficient (Wildman–Crippen LogP) is 4.40. The average Bonchev–Trinajstić information content (AvgIpc) is 2.96. The highest BCUT2D eigenvalue weighted by Crippen LogP contribution is 2.40. The van der Waals surface area contributed by atoms with E-state index in [1.165, 1.54) is 5.56 Å². The van der Waals surface area contributed by atoms with E-state index in [4.69, 9.17) is 4.74 Å². The fourth-order valence-corrected chi connectivity index (χ4v) is 4.52. The number of ether oxygens (including phenoxy) is 1. The number of rotatable bonds is 3. The van der Waals surface area contributed by atoms with Crippen molar-refractivity contribution in [3.8, 4) is 5.75 Å². The molecule has 0 saturated heterocycles. The van der Waals surface area contributed by atoms with Crippen LogP contribution in [0.15, 0.2) is 90.2 Å². The number of aliphatic hydroxyl groups is 1. The SMILES string of the molecule is COc1ccc(C2CC3=[NH+]c4ccccc4NC(c4ccccc4)C3=C(O)C2)cc1. The van der Waals surface area contributed by atoms with E-state index in [1.807, 2.05) is 42.5 Å². The predicted molar refractivity (Wildman–Crippen MR) is 120 cm³/mol. The van der Waals surface area contributed by atoms with Crippen LogP contribution in [0.3, 0.4) is 0 Å². The van der Waals surface area contributed by atoms with Crippen molar-refractivity contribution in [1.82, 2.24) is 0 Å². The number of fused-ring (bicyclic) bond motifs is 2. The molecular weight excluding hydrogens is 372 g/mol. The fourth-order valence-electron chi connectivity index (χ4n) is 4.52. The lowest BCUT2D eigenvalue weighted by Gasteiger charge is -2.28. The quantitative estimate of drug-likeness (QED) is 0.614. The van der Waals surface area contributed by atoms with Gasteiger partial charge < -0.3 is 15.2 Å². The average molecular weight is 397 g/mol. The zero-order valence-electron chi connectivity index (χ0n) is 16.9. The summed E-state index contributed by atoms with van der Waals surface area (Å²) in [6.45, 7) is 0. The molecule has 30 heavy (non-hydrogen) atoms. The Bertz CT molecular complexity index is 1120. The van der Waals surface area contributed by atoms with Gasteiger partial charge in [0, 0.05) is 24.8 Å². The Morgan fingerprint density at radius 2 is 1.60 bits per heavy atom. The third-order valence-electron chi connectivity index (χ3n) is 6.05. The molecule has 0 amide bonds. The van der Waals surface area contributed by atoms with Crippen LogP contribution >= 0.6 is 0 Å². The van der Waals surface area contributed by atoms with Gasteiger partial charge in [-0.1, -0.05) is 54.6 Å². The molecule has 0 radical (unpaired) electrons. The molecule has 2 atom stereocenters. The van der Waals surface area contributed by atoms with Crippen molar-refractivity contribution in [2.75, 3.05) is 12.4 Å². The van der Waals surface area contributed by atoms with Crippen molar-refractivity contribution in [3.63, 3.8) is 0 Å². The number of benzene rings is 3. The minimum atomic E-state index is -0.103. The lowest BCUT2D eigenvalue weighted by Crippen LogP contribution is -2.67. The molecule has 150 valence electrons. The van der Waals surface area contributed by atoms with E-state index in [-0.39, 0.29) is 12.0 Å². The molecule has 3 N–H and O–H groups in total. The zero-order valence-corrected chi connectivity index (χ0v) is 16.9. The highest BCUT2D eigenvalue weighted by molar-refractivity contribution is 6.01. The van der Waals surface area contributed by atoms with Gasteiger partial charge in [-0.2, -0.15) is 0 Å². The van der Waals surface area contributed by atoms with Gasteiger partial charge >= 0.3 is 0 Å². The molecule has 4 nitrogen and oxygen atoms in total. The highest BCUT2D eigenvalue weighted by atomic mass is 16.5. The first-order valence-electron chi connectivity index (χ1n) is 10.3. The summed E-state index contributed by atoms with van der Waals surface area (Å²) in [5, 5.41) is 14.9. The van der Waals surface area contributed by atoms with Gasteiger partial charge in [0.2, 0.25) is 5.69 Å². The number of para-hydroxylation sites is 2. The maximum absolute atomic E-state index is 11.2. The molecule has 0 saturated carbocycles. The summed E-state index contributed by atoms with van der Waals surface area (Å²) in [6, 6.07) is 26.6. The van der Waals surface area contributed by atoms with Gasteiger partial charge in [0.1, 0.15) is 17.2 Å². The summed E-state index contributed by atoms with van der Waals surface area (Å²) in [6.07, 6.45) is 1.46. The van der Waals surface area contributed by atoms with Crippen molar-refractivity contribution in [2.45, 2.75) is 24.8 Å².